The molecule has 0 saturated carbocycles. The normalized spacial score (nSPS) is 10.6. The number of nitrogens with zero attached hydrogens (tertiary/aromatic N) is 1. The fraction of sp³-hybridized carbons (Fsp3) is 0.200. The summed E-state index contributed by atoms with van der Waals surface area (Å²) in [6.45, 7) is 3.07. The number of amides is 1. The predicted octanol–water partition coefficient (Wildman–Crippen LogP) is 7.60. The standard InChI is InChI=1S/C34H35NO2.CH2O2/c1-2-26-37-32-22-12-14-28(27-32)15-13-24-35(34(36)31-20-10-5-11-21-31)25-23-33(29-16-6-3-7-17-29)30-18-8-4-9-19-30;2-1-3/h2-12,14,16-22,26-27,33H,13,15,23-25H2,1H3;1H,(H,2,3)/b26-2+;. The Morgan fingerprint density at radius 2 is 1.40 bits per heavy atom. The van der Waals surface area contributed by atoms with E-state index in [1.807, 2.05) is 60.4 Å². The second-order valence-electron chi connectivity index (χ2n) is 9.26. The van der Waals surface area contributed by atoms with Crippen LogP contribution >= 0.6 is 0 Å². The van der Waals surface area contributed by atoms with Gasteiger partial charge in [0, 0.05) is 24.6 Å². The van der Waals surface area contributed by atoms with Crippen LogP contribution in [0.4, 0.5) is 0 Å². The maximum Gasteiger partial charge on any atom is 0.290 e. The lowest BCUT2D eigenvalue weighted by atomic mass is 9.88. The van der Waals surface area contributed by atoms with E-state index in [0.717, 1.165) is 30.6 Å². The van der Waals surface area contributed by atoms with Crippen molar-refractivity contribution < 1.29 is 19.4 Å². The van der Waals surface area contributed by atoms with Crippen molar-refractivity contribution in [2.24, 2.45) is 0 Å². The van der Waals surface area contributed by atoms with Crippen LogP contribution in [-0.2, 0) is 11.2 Å². The summed E-state index contributed by atoms with van der Waals surface area (Å²) in [5.74, 6) is 1.15. The third-order valence-corrected chi connectivity index (χ3v) is 6.53. The lowest BCUT2D eigenvalue weighted by Crippen LogP contribution is -2.34. The molecular formula is C35H37NO4. The topological polar surface area (TPSA) is 66.8 Å². The lowest BCUT2D eigenvalue weighted by Gasteiger charge is -2.26. The Balaban J connectivity index is 0.00000141. The first-order valence-corrected chi connectivity index (χ1v) is 13.5. The van der Waals surface area contributed by atoms with Crippen LogP contribution in [0.5, 0.6) is 5.75 Å². The molecule has 0 saturated heterocycles. The molecule has 0 heterocycles. The van der Waals surface area contributed by atoms with Crippen molar-refractivity contribution in [1.29, 1.82) is 0 Å². The van der Waals surface area contributed by atoms with Gasteiger partial charge in [-0.15, -0.1) is 0 Å². The van der Waals surface area contributed by atoms with Gasteiger partial charge in [-0.25, -0.2) is 0 Å². The Morgan fingerprint density at radius 1 is 0.825 bits per heavy atom. The third-order valence-electron chi connectivity index (χ3n) is 6.53. The van der Waals surface area contributed by atoms with E-state index >= 15 is 0 Å². The van der Waals surface area contributed by atoms with Crippen LogP contribution in [0.3, 0.4) is 0 Å². The zero-order chi connectivity index (χ0) is 28.4. The molecule has 0 aliphatic carbocycles. The monoisotopic (exact) mass is 535 g/mol. The second-order valence-corrected chi connectivity index (χ2v) is 9.26. The van der Waals surface area contributed by atoms with Crippen LogP contribution in [0.2, 0.25) is 0 Å². The predicted molar refractivity (Wildman–Crippen MR) is 161 cm³/mol. The summed E-state index contributed by atoms with van der Waals surface area (Å²) in [6.07, 6.45) is 6.19. The molecule has 0 aliphatic rings. The Kier molecular flexibility index (Phi) is 12.7. The number of allylic oxidation sites excluding steroid dienone is 1. The van der Waals surface area contributed by atoms with Crippen LogP contribution in [-0.4, -0.2) is 35.5 Å². The van der Waals surface area contributed by atoms with Crippen LogP contribution in [0.25, 0.3) is 0 Å². The van der Waals surface area contributed by atoms with Crippen LogP contribution in [0, 0.1) is 0 Å². The van der Waals surface area contributed by atoms with Crippen molar-refractivity contribution in [2.45, 2.75) is 32.1 Å². The molecule has 4 aromatic carbocycles. The summed E-state index contributed by atoms with van der Waals surface area (Å²) in [5, 5.41) is 6.89. The largest absolute Gasteiger partial charge is 0.483 e. The lowest BCUT2D eigenvalue weighted by molar-refractivity contribution is -0.122. The van der Waals surface area contributed by atoms with Gasteiger partial charge in [-0.05, 0) is 67.1 Å². The van der Waals surface area contributed by atoms with Gasteiger partial charge >= 0.3 is 0 Å². The molecule has 1 amide bonds. The summed E-state index contributed by atoms with van der Waals surface area (Å²) >= 11 is 0. The third kappa shape index (κ3) is 9.59. The van der Waals surface area contributed by atoms with Gasteiger partial charge in [0.1, 0.15) is 5.75 Å². The van der Waals surface area contributed by atoms with E-state index in [4.69, 9.17) is 14.6 Å². The molecule has 4 aromatic rings. The molecule has 1 N–H and O–H groups in total. The van der Waals surface area contributed by atoms with Gasteiger partial charge in [-0.3, -0.25) is 9.59 Å². The number of carbonyl (C=O) groups is 2. The molecule has 0 unspecified atom stereocenters. The van der Waals surface area contributed by atoms with Gasteiger partial charge < -0.3 is 14.7 Å². The minimum atomic E-state index is -0.250. The fourth-order valence-electron chi connectivity index (χ4n) is 4.65. The summed E-state index contributed by atoms with van der Waals surface area (Å²) in [7, 11) is 0. The van der Waals surface area contributed by atoms with E-state index in [-0.39, 0.29) is 18.3 Å². The molecule has 0 aromatic heterocycles. The van der Waals surface area contributed by atoms with Crippen molar-refractivity contribution in [1.82, 2.24) is 4.90 Å². The van der Waals surface area contributed by atoms with Crippen molar-refractivity contribution >= 4 is 12.4 Å². The van der Waals surface area contributed by atoms with Gasteiger partial charge in [0.25, 0.3) is 12.4 Å². The summed E-state index contributed by atoms with van der Waals surface area (Å²) in [4.78, 5) is 23.9. The minimum Gasteiger partial charge on any atom is -0.483 e. The number of aryl methyl sites for hydroxylation is 1. The first kappa shape index (κ1) is 29.9. The molecule has 0 bridgehead atoms. The van der Waals surface area contributed by atoms with Crippen molar-refractivity contribution in [2.75, 3.05) is 13.1 Å². The Labute approximate surface area is 237 Å². The maximum atomic E-state index is 13.5. The van der Waals surface area contributed by atoms with E-state index in [0.29, 0.717) is 13.1 Å². The molecule has 0 fully saturated rings. The van der Waals surface area contributed by atoms with Gasteiger partial charge in [-0.2, -0.15) is 0 Å². The summed E-state index contributed by atoms with van der Waals surface area (Å²) < 4.78 is 5.62. The zero-order valence-corrected chi connectivity index (χ0v) is 22.9. The van der Waals surface area contributed by atoms with E-state index in [9.17, 15) is 4.79 Å². The number of carbonyl (C=O) groups excluding carboxylic acids is 1. The molecule has 206 valence electrons. The Morgan fingerprint density at radius 3 is 1.98 bits per heavy atom. The first-order chi connectivity index (χ1) is 19.7. The number of ether oxygens (including phenoxy) is 1. The number of hydrogen-bond acceptors (Lipinski definition) is 3. The average Bonchev–Trinajstić information content (AvgIpc) is 3.01. The highest BCUT2D eigenvalue weighted by molar-refractivity contribution is 5.94. The molecule has 0 spiro atoms. The zero-order valence-electron chi connectivity index (χ0n) is 22.9. The van der Waals surface area contributed by atoms with E-state index < -0.39 is 0 Å². The van der Waals surface area contributed by atoms with E-state index in [1.54, 1.807) is 6.26 Å². The SMILES string of the molecule is C/C=C/Oc1cccc(CCCN(CCC(c2ccccc2)c2ccccc2)C(=O)c2ccccc2)c1.O=CO. The quantitative estimate of drug-likeness (QED) is 0.150. The number of carboxylic acid groups (broad SMARTS) is 1. The molecule has 0 aliphatic heterocycles. The van der Waals surface area contributed by atoms with Crippen LogP contribution < -0.4 is 4.74 Å². The highest BCUT2D eigenvalue weighted by Crippen LogP contribution is 2.28. The Bertz CT molecular complexity index is 1270. The number of rotatable bonds is 12. The molecule has 5 nitrogen and oxygen atoms in total. The number of benzene rings is 4. The smallest absolute Gasteiger partial charge is 0.290 e. The van der Waals surface area contributed by atoms with Gasteiger partial charge in [0.15, 0.2) is 0 Å². The van der Waals surface area contributed by atoms with E-state index in [2.05, 4.69) is 72.8 Å². The fourth-order valence-corrected chi connectivity index (χ4v) is 4.65. The average molecular weight is 536 g/mol. The molecule has 0 radical (unpaired) electrons. The van der Waals surface area contributed by atoms with Gasteiger partial charge in [-0.1, -0.05) is 97.1 Å². The molecule has 40 heavy (non-hydrogen) atoms. The van der Waals surface area contributed by atoms with Gasteiger partial charge in [0.2, 0.25) is 0 Å². The van der Waals surface area contributed by atoms with Crippen molar-refractivity contribution in [3.8, 4) is 5.75 Å². The molecule has 5 heteroatoms. The molecule has 4 rings (SSSR count). The van der Waals surface area contributed by atoms with Crippen molar-refractivity contribution in [3.05, 3.63) is 150 Å². The van der Waals surface area contributed by atoms with Gasteiger partial charge in [0.05, 0.1) is 6.26 Å². The number of hydrogen-bond donors (Lipinski definition) is 1. The van der Waals surface area contributed by atoms with E-state index in [1.165, 1.54) is 16.7 Å². The van der Waals surface area contributed by atoms with Crippen LogP contribution in [0.1, 0.15) is 52.7 Å². The Hall–Kier alpha value is -4.64. The van der Waals surface area contributed by atoms with Crippen LogP contribution in [0.15, 0.2) is 128 Å². The molecular weight excluding hydrogens is 498 g/mol. The maximum absolute atomic E-state index is 13.5. The minimum absolute atomic E-state index is 0.0886. The molecule has 0 atom stereocenters. The van der Waals surface area contributed by atoms with Crippen molar-refractivity contribution in [3.63, 3.8) is 0 Å². The highest BCUT2D eigenvalue weighted by Gasteiger charge is 2.20. The first-order valence-electron chi connectivity index (χ1n) is 13.5. The second kappa shape index (κ2) is 17.0. The summed E-state index contributed by atoms with van der Waals surface area (Å²) in [6, 6.07) is 39.0. The summed E-state index contributed by atoms with van der Waals surface area (Å²) in [5.41, 5.74) is 4.50. The highest BCUT2D eigenvalue weighted by atomic mass is 16.5.